The molecule has 0 bridgehead atoms. The third kappa shape index (κ3) is 3.28. The van der Waals surface area contributed by atoms with Crippen LogP contribution >= 0.6 is 0 Å². The average Bonchev–Trinajstić information content (AvgIpc) is 3.12. The Morgan fingerprint density at radius 2 is 2.25 bits per heavy atom. The van der Waals surface area contributed by atoms with Crippen LogP contribution < -0.4 is 5.73 Å². The van der Waals surface area contributed by atoms with E-state index in [4.69, 9.17) is 24.1 Å². The van der Waals surface area contributed by atoms with Crippen LogP contribution in [0.3, 0.4) is 0 Å². The summed E-state index contributed by atoms with van der Waals surface area (Å²) in [7, 11) is -2.52. The monoisotopic (exact) mass is 409 g/mol. The van der Waals surface area contributed by atoms with E-state index in [9.17, 15) is 9.50 Å². The Morgan fingerprint density at radius 3 is 2.82 bits per heavy atom. The molecule has 1 fully saturated rings. The van der Waals surface area contributed by atoms with E-state index in [0.29, 0.717) is 0 Å². The van der Waals surface area contributed by atoms with Crippen LogP contribution in [0.25, 0.3) is 11.2 Å². The van der Waals surface area contributed by atoms with Crippen LogP contribution in [-0.4, -0.2) is 51.3 Å². The fraction of sp³-hybridized carbons (Fsp3) is 0.611. The summed E-state index contributed by atoms with van der Waals surface area (Å²) >= 11 is 0. The summed E-state index contributed by atoms with van der Waals surface area (Å²) in [6, 6.07) is 0. The van der Waals surface area contributed by atoms with Crippen LogP contribution in [-0.2, 0) is 9.16 Å². The number of nitrogens with zero attached hydrogens (tertiary/aromatic N) is 4. The first-order chi connectivity index (χ1) is 13.7. The molecule has 1 aliphatic heterocycles. The highest BCUT2D eigenvalue weighted by Crippen LogP contribution is 2.44. The molecule has 0 aliphatic carbocycles. The molecule has 0 amide bonds. The Balaban J connectivity index is 2.15. The highest BCUT2D eigenvalue weighted by atomic mass is 28.4. The zero-order valence-electron chi connectivity index (χ0n) is 18.5. The fourth-order valence-electron chi connectivity index (χ4n) is 2.65. The van der Waals surface area contributed by atoms with E-state index >= 15 is 0 Å². The number of imidazole rings is 1. The summed E-state index contributed by atoms with van der Waals surface area (Å²) in [5, 5.41) is 9.86. The van der Waals surface area contributed by atoms with E-state index in [1.54, 1.807) is 0 Å². The van der Waals surface area contributed by atoms with Crippen LogP contribution in [0.4, 0.5) is 10.2 Å². The summed E-state index contributed by atoms with van der Waals surface area (Å²) in [6.07, 6.45) is 0.949. The second kappa shape index (κ2) is 6.77. The van der Waals surface area contributed by atoms with Gasteiger partial charge in [-0.25, -0.2) is 4.98 Å². The molecule has 1 aliphatic rings. The smallest absolute Gasteiger partial charge is 0.312 e. The number of anilines is 1. The van der Waals surface area contributed by atoms with E-state index in [-0.39, 0.29) is 22.0 Å². The van der Waals surface area contributed by atoms with Crippen LogP contribution in [0.5, 0.6) is 0 Å². The number of rotatable bonds is 4. The summed E-state index contributed by atoms with van der Waals surface area (Å²) < 4.78 is 44.9. The Morgan fingerprint density at radius 1 is 1.57 bits per heavy atom. The number of aliphatic hydroxyl groups excluding tert-OH is 1. The molecule has 0 spiro atoms. The molecule has 3 atom stereocenters. The summed E-state index contributed by atoms with van der Waals surface area (Å²) in [4.78, 5) is 11.2. The molecule has 1 saturated heterocycles. The van der Waals surface area contributed by atoms with Gasteiger partial charge in [-0.15, -0.1) is 6.42 Å². The van der Waals surface area contributed by atoms with Crippen LogP contribution in [0.1, 0.15) is 36.1 Å². The number of hydrogen-bond acceptors (Lipinski definition) is 7. The number of nitrogen functional groups attached to an aromatic ring is 1. The number of hydrogen-bond donors (Lipinski definition) is 2. The standard InChI is InChI=1S/C18H26FN5O3Si/c1-7-18(9-25)11(27-28(5,6)17(2,3)4)8-12(26-18)24-10-21-13-14(20)22-16(19)23-15(13)24/h1,10-12,25H,8-9H2,2-6H3,(H2,20,22,23)/t11-,12+,18+/m0/s1/i8D2. The van der Waals surface area contributed by atoms with Gasteiger partial charge in [-0.3, -0.25) is 4.57 Å². The third-order valence-corrected chi connectivity index (χ3v) is 9.85. The Kier molecular flexibility index (Phi) is 4.35. The van der Waals surface area contributed by atoms with E-state index in [0.717, 1.165) is 0 Å². The van der Waals surface area contributed by atoms with Gasteiger partial charge in [0.05, 0.1) is 19.0 Å². The summed E-state index contributed by atoms with van der Waals surface area (Å²) in [5.41, 5.74) is 4.00. The van der Waals surface area contributed by atoms with Gasteiger partial charge in [0, 0.05) is 9.11 Å². The first kappa shape index (κ1) is 18.0. The van der Waals surface area contributed by atoms with Gasteiger partial charge in [0.15, 0.2) is 30.9 Å². The molecule has 8 nitrogen and oxygen atoms in total. The number of aliphatic hydroxyl groups is 1. The Bertz CT molecular complexity index is 1020. The van der Waals surface area contributed by atoms with Gasteiger partial charge >= 0.3 is 6.08 Å². The number of fused-ring (bicyclic) bond motifs is 1. The minimum atomic E-state index is -2.52. The fourth-order valence-corrected chi connectivity index (χ4v) is 3.86. The van der Waals surface area contributed by atoms with Gasteiger partial charge < -0.3 is 20.0 Å². The minimum Gasteiger partial charge on any atom is -0.410 e. The SMILES string of the molecule is [2H]C1([2H])[C@H](n2cnc3c(N)nc(F)nc32)O[C@](C#C)(CO)[C@H]1O[Si](C)(C)C(C)(C)C. The lowest BCUT2D eigenvalue weighted by Gasteiger charge is -2.41. The van der Waals surface area contributed by atoms with Crippen molar-refractivity contribution in [1.82, 2.24) is 19.5 Å². The molecule has 28 heavy (non-hydrogen) atoms. The number of halogens is 1. The lowest BCUT2D eigenvalue weighted by molar-refractivity contribution is -0.0866. The first-order valence-corrected chi connectivity index (χ1v) is 11.7. The molecular formula is C18H26FN5O3Si. The molecule has 3 rings (SSSR count). The molecule has 0 radical (unpaired) electrons. The lowest BCUT2D eigenvalue weighted by atomic mass is 9.99. The minimum absolute atomic E-state index is 0.0503. The predicted octanol–water partition coefficient (Wildman–Crippen LogP) is 2.22. The van der Waals surface area contributed by atoms with Crippen molar-refractivity contribution in [2.75, 3.05) is 12.3 Å². The maximum atomic E-state index is 13.8. The quantitative estimate of drug-likeness (QED) is 0.453. The molecule has 3 heterocycles. The molecule has 3 N–H and O–H groups in total. The van der Waals surface area contributed by atoms with Crippen LogP contribution in [0.15, 0.2) is 6.33 Å². The Hall–Kier alpha value is -2.06. The van der Waals surface area contributed by atoms with Gasteiger partial charge in [-0.05, 0) is 18.1 Å². The van der Waals surface area contributed by atoms with Crippen molar-refractivity contribution in [3.63, 3.8) is 0 Å². The first-order valence-electron chi connectivity index (χ1n) is 9.80. The normalized spacial score (nSPS) is 28.8. The van der Waals surface area contributed by atoms with Crippen molar-refractivity contribution in [1.29, 1.82) is 0 Å². The molecule has 0 aromatic carbocycles. The van der Waals surface area contributed by atoms with Gasteiger partial charge in [-0.1, -0.05) is 26.7 Å². The molecule has 2 aromatic rings. The van der Waals surface area contributed by atoms with Crippen LogP contribution in [0, 0.1) is 18.4 Å². The molecule has 2 aromatic heterocycles. The van der Waals surface area contributed by atoms with Crippen molar-refractivity contribution < 1.29 is 21.4 Å². The zero-order chi connectivity index (χ0) is 22.7. The molecular weight excluding hydrogens is 381 g/mol. The summed E-state index contributed by atoms with van der Waals surface area (Å²) in [6.45, 7) is 9.24. The number of nitrogens with two attached hydrogens (primary N) is 1. The second-order valence-corrected chi connectivity index (χ2v) is 13.0. The second-order valence-electron chi connectivity index (χ2n) is 8.29. The van der Waals surface area contributed by atoms with E-state index in [1.807, 2.05) is 33.9 Å². The van der Waals surface area contributed by atoms with E-state index in [2.05, 4.69) is 20.9 Å². The van der Waals surface area contributed by atoms with Gasteiger partial charge in [0.1, 0.15) is 6.23 Å². The van der Waals surface area contributed by atoms with Crippen molar-refractivity contribution in [2.45, 2.75) is 63.2 Å². The van der Waals surface area contributed by atoms with Gasteiger partial charge in [0.25, 0.3) is 0 Å². The number of terminal acetylenes is 1. The topological polar surface area (TPSA) is 108 Å². The molecule has 0 saturated carbocycles. The number of ether oxygens (including phenoxy) is 1. The highest BCUT2D eigenvalue weighted by Gasteiger charge is 2.53. The largest absolute Gasteiger partial charge is 0.410 e. The third-order valence-electron chi connectivity index (χ3n) is 5.41. The van der Waals surface area contributed by atoms with E-state index < -0.39 is 45.3 Å². The molecule has 0 unspecified atom stereocenters. The Labute approximate surface area is 167 Å². The average molecular weight is 410 g/mol. The van der Waals surface area contributed by atoms with Crippen molar-refractivity contribution in [2.24, 2.45) is 0 Å². The van der Waals surface area contributed by atoms with Crippen LogP contribution in [0.2, 0.25) is 18.1 Å². The predicted molar refractivity (Wildman–Crippen MR) is 105 cm³/mol. The van der Waals surface area contributed by atoms with Gasteiger partial charge in [-0.2, -0.15) is 14.4 Å². The maximum Gasteiger partial charge on any atom is 0.312 e. The van der Waals surface area contributed by atoms with Crippen molar-refractivity contribution in [3.8, 4) is 12.3 Å². The highest BCUT2D eigenvalue weighted by molar-refractivity contribution is 6.74. The van der Waals surface area contributed by atoms with Gasteiger partial charge in [0.2, 0.25) is 0 Å². The number of aromatic nitrogens is 4. The maximum absolute atomic E-state index is 13.8. The van der Waals surface area contributed by atoms with Crippen molar-refractivity contribution in [3.05, 3.63) is 12.4 Å². The van der Waals surface area contributed by atoms with Crippen molar-refractivity contribution >= 4 is 25.3 Å². The van der Waals surface area contributed by atoms with E-state index in [1.165, 1.54) is 10.9 Å². The molecule has 152 valence electrons. The zero-order valence-corrected chi connectivity index (χ0v) is 17.5. The summed E-state index contributed by atoms with van der Waals surface area (Å²) in [5.74, 6) is 2.20. The molecule has 10 heteroatoms. The lowest BCUT2D eigenvalue weighted by Crippen LogP contribution is -2.51.